The van der Waals surface area contributed by atoms with E-state index in [4.69, 9.17) is 39.4 Å². The Morgan fingerprint density at radius 2 is 0.631 bits per heavy atom. The van der Waals surface area contributed by atoms with Crippen molar-refractivity contribution < 1.29 is 124 Å². The van der Waals surface area contributed by atoms with Crippen LogP contribution < -0.4 is 50.8 Å². The monoisotopic (exact) mass is 1870 g/mol. The molecule has 2 aromatic heterocycles. The van der Waals surface area contributed by atoms with Crippen LogP contribution in [0.3, 0.4) is 0 Å². The fourth-order valence-electron chi connectivity index (χ4n) is 11.3. The lowest BCUT2D eigenvalue weighted by Gasteiger charge is -2.18. The van der Waals surface area contributed by atoms with Gasteiger partial charge in [-0.05, 0) is 192 Å². The first-order valence-electron chi connectivity index (χ1n) is 39.2. The maximum atomic E-state index is 13.5. The molecule has 10 rings (SSSR count). The predicted molar refractivity (Wildman–Crippen MR) is 473 cm³/mol. The number of benzene rings is 8. The van der Waals surface area contributed by atoms with E-state index in [1.807, 2.05) is 0 Å². The number of carboxylic acid groups (broad SMARTS) is 5. The van der Waals surface area contributed by atoms with E-state index in [9.17, 15) is 75.4 Å². The number of nitrogens with one attached hydrogen (secondary N) is 6. The summed E-state index contributed by atoms with van der Waals surface area (Å²) in [7, 11) is -8.64. The number of carboxylic acids is 5. The number of hydrogen-bond donors (Lipinski definition) is 15. The topological polar surface area (TPSA) is 658 Å². The van der Waals surface area contributed by atoms with Crippen LogP contribution in [0.5, 0.6) is 23.0 Å². The average molecular weight is 1870 g/mol. The molecule has 2 heterocycles. The lowest BCUT2D eigenvalue weighted by atomic mass is 10.1. The molecule has 8 aromatic carbocycles. The van der Waals surface area contributed by atoms with E-state index in [-0.39, 0.29) is 227 Å². The minimum absolute atomic E-state index is 0.00385. The molecule has 0 aliphatic heterocycles. The van der Waals surface area contributed by atoms with Crippen molar-refractivity contribution in [2.75, 3.05) is 87.9 Å². The smallest absolute Gasteiger partial charge is 0.335 e. The highest BCUT2D eigenvalue weighted by atomic mass is 32.2. The van der Waals surface area contributed by atoms with Crippen molar-refractivity contribution in [2.24, 2.45) is 40.9 Å². The fourth-order valence-corrected chi connectivity index (χ4v) is 13.3. The molecule has 130 heavy (non-hydrogen) atoms. The number of hydrogen-bond acceptors (Lipinski definition) is 41. The Morgan fingerprint density at radius 1 is 0.346 bits per heavy atom. The molecule has 1 atom stereocenters. The van der Waals surface area contributed by atoms with Gasteiger partial charge >= 0.3 is 29.8 Å². The van der Waals surface area contributed by atoms with E-state index in [0.29, 0.717) is 37.2 Å². The van der Waals surface area contributed by atoms with Crippen molar-refractivity contribution in [3.8, 4) is 23.0 Å². The van der Waals surface area contributed by atoms with Crippen LogP contribution in [-0.4, -0.2) is 184 Å². The average Bonchev–Trinajstić information content (AvgIpc) is 0.818. The summed E-state index contributed by atoms with van der Waals surface area (Å²) in [5.74, 6) is -6.85. The molecule has 0 spiro atoms. The second-order valence-electron chi connectivity index (χ2n) is 27.2. The highest BCUT2D eigenvalue weighted by molar-refractivity contribution is 7.94. The highest BCUT2D eigenvalue weighted by Gasteiger charge is 2.23. The lowest BCUT2D eigenvalue weighted by molar-refractivity contribution is -0.432. The van der Waals surface area contributed by atoms with Gasteiger partial charge < -0.3 is 76.4 Å². The van der Waals surface area contributed by atoms with E-state index >= 15 is 0 Å². The summed E-state index contributed by atoms with van der Waals surface area (Å²) in [6.45, 7) is 0.0981. The zero-order valence-electron chi connectivity index (χ0n) is 68.2. The van der Waals surface area contributed by atoms with Gasteiger partial charge in [0.25, 0.3) is 20.2 Å². The maximum absolute atomic E-state index is 13.5. The Hall–Kier alpha value is -14.2. The van der Waals surface area contributed by atoms with Crippen LogP contribution in [0.25, 0.3) is 0 Å². The van der Waals surface area contributed by atoms with Gasteiger partial charge in [-0.1, -0.05) is 34.3 Å². The van der Waals surface area contributed by atoms with Gasteiger partial charge in [-0.25, -0.2) is 34.5 Å². The third kappa shape index (κ3) is 34.2. The summed E-state index contributed by atoms with van der Waals surface area (Å²) >= 11 is 1.71. The zero-order valence-corrected chi connectivity index (χ0v) is 71.5. The number of anilines is 10. The third-order valence-corrected chi connectivity index (χ3v) is 20.3. The van der Waals surface area contributed by atoms with Crippen molar-refractivity contribution in [3.05, 3.63) is 192 Å². The van der Waals surface area contributed by atoms with Gasteiger partial charge in [-0.2, -0.15) is 87.7 Å². The first-order chi connectivity index (χ1) is 62.7. The van der Waals surface area contributed by atoms with Gasteiger partial charge in [0.2, 0.25) is 35.7 Å². The number of unbranched alkanes of at least 4 members (excludes halogenated alkanes) is 5. The normalized spacial score (nSPS) is 11.8. The van der Waals surface area contributed by atoms with Crippen molar-refractivity contribution >= 4 is 178 Å². The molecule has 0 amide bonds. The van der Waals surface area contributed by atoms with Gasteiger partial charge in [0.1, 0.15) is 29.0 Å². The quantitative estimate of drug-likeness (QED) is 0.00420. The Morgan fingerprint density at radius 3 is 0.915 bits per heavy atom. The molecule has 46 nitrogen and oxygen atoms in total. The lowest BCUT2D eigenvalue weighted by Crippen LogP contribution is -2.30. The molecule has 0 saturated heterocycles. The van der Waals surface area contributed by atoms with Crippen LogP contribution in [0.2, 0.25) is 0 Å². The van der Waals surface area contributed by atoms with E-state index in [1.54, 1.807) is 60.7 Å². The number of aromatic carboxylic acids is 4. The summed E-state index contributed by atoms with van der Waals surface area (Å²) in [6, 6.07) is 40.0. The first-order valence-corrected chi connectivity index (χ1v) is 44.2. The minimum atomic E-state index is -4.33. The summed E-state index contributed by atoms with van der Waals surface area (Å²) in [4.78, 5) is 88.6. The van der Waals surface area contributed by atoms with Crippen LogP contribution >= 0.6 is 24.1 Å². The van der Waals surface area contributed by atoms with Crippen LogP contribution in [0, 0.1) is 0 Å². The molecule has 0 aliphatic rings. The fraction of sp³-hybridized carbons (Fsp3) is 0.263. The number of ether oxygens (including phenoxy) is 4. The van der Waals surface area contributed by atoms with E-state index in [1.165, 1.54) is 109 Å². The minimum Gasteiger partial charge on any atom is -0.491 e. The molecular formula is C80H84N20O26S4. The number of rotatable bonds is 57. The van der Waals surface area contributed by atoms with E-state index in [0.717, 1.165) is 24.1 Å². The molecule has 50 heteroatoms. The molecule has 0 aliphatic carbocycles. The number of aromatic nitrogens is 6. The highest BCUT2D eigenvalue weighted by Crippen LogP contribution is 2.39. The SMILES string of the molecule is O=C(O)c1cccc(N=Nc2ccc(Nc3nc(NCCCCC(Nc4nc(Nc5ccc(N=Nc6cccc(C(=O)O)c6)cc5OCCCCSOOO)nc(Nc5ccc(N=Nc6cccc(C(=O)O)c6)cc5OCCCCS(=O)(=O)O)n4)C(=O)O)nc(Nc4ccc(N=Nc5cccc(C(=O)O)c5)cc4OCCCCS(=O)(=O)O)n3)c(OCCCCSOOO)c2)c1. The molecule has 0 fully saturated rings. The summed E-state index contributed by atoms with van der Waals surface area (Å²) in [5, 5.41) is 127. The van der Waals surface area contributed by atoms with Gasteiger partial charge in [0, 0.05) is 66.4 Å². The molecule has 0 saturated carbocycles. The van der Waals surface area contributed by atoms with Gasteiger partial charge in [-0.15, -0.1) is 8.67 Å². The van der Waals surface area contributed by atoms with Crippen LogP contribution in [0.4, 0.5) is 104 Å². The van der Waals surface area contributed by atoms with E-state index in [2.05, 4.69) is 111 Å². The van der Waals surface area contributed by atoms with Crippen molar-refractivity contribution in [3.63, 3.8) is 0 Å². The molecule has 0 radical (unpaired) electrons. The summed E-state index contributed by atoms with van der Waals surface area (Å²) < 4.78 is 99.5. The zero-order chi connectivity index (χ0) is 92.6. The standard InChI is InChI=1S/C80H84N20O26S4/c101-70(102)49-15-11-19-53(41-49)93-97-57-24-28-61(66(45-57)119-33-3-7-37-127-125-123-111)82-76-87-75(88-77(89-76)83-62-29-25-59(47-68(62)121-35-5-9-39-129(113,114)115)99-95-55-21-13-17-51(43-55)72(105)106)81-32-2-1-23-65(74(109)110)86-80-91-78(84-63-30-26-58(46-67(63)120-34-4-8-38-128-126-124-112)98-94-54-20-12-16-50(42-54)71(103)104)90-79(92-80)85-64-31-27-60(48-69(64)122-36-6-10-40-130(116,117)118)100-96-56-22-14-18-52(44-56)73(107)108/h11-22,24-31,41-48,65,111-112H,1-10,23,32-40H2,(H,101,102)(H,103,104)(H,105,106)(H,107,108)(H,109,110)(H,113,114,115)(H,116,117,118)(H3,81,82,83,87,88,89)(H3,84,85,86,90,91,92). The Balaban J connectivity index is 0.962. The van der Waals surface area contributed by atoms with Gasteiger partial charge in [0.15, 0.2) is 0 Å². The number of aliphatic carboxylic acids is 1. The van der Waals surface area contributed by atoms with Crippen LogP contribution in [-0.2, 0) is 43.8 Å². The Labute approximate surface area is 748 Å². The van der Waals surface area contributed by atoms with E-state index < -0.39 is 67.6 Å². The predicted octanol–water partition coefficient (Wildman–Crippen LogP) is 18.2. The maximum Gasteiger partial charge on any atom is 0.335 e. The third-order valence-electron chi connectivity index (χ3n) is 17.4. The van der Waals surface area contributed by atoms with Gasteiger partial charge in [0.05, 0.1) is 128 Å². The second-order valence-corrected chi connectivity index (χ2v) is 31.9. The second kappa shape index (κ2) is 50.4. The van der Waals surface area contributed by atoms with Gasteiger partial charge in [-0.3, -0.25) is 9.11 Å². The number of azo groups is 4. The van der Waals surface area contributed by atoms with Crippen LogP contribution in [0.15, 0.2) is 211 Å². The van der Waals surface area contributed by atoms with Crippen molar-refractivity contribution in [1.82, 2.24) is 29.9 Å². The number of nitrogens with zero attached hydrogens (tertiary/aromatic N) is 14. The van der Waals surface area contributed by atoms with Crippen molar-refractivity contribution in [1.29, 1.82) is 0 Å². The molecule has 0 bridgehead atoms. The molecular weight excluding hydrogens is 1790 g/mol. The Bertz CT molecular complexity index is 5940. The summed E-state index contributed by atoms with van der Waals surface area (Å²) in [6.07, 6.45) is 2.56. The largest absolute Gasteiger partial charge is 0.491 e. The molecule has 684 valence electrons. The van der Waals surface area contributed by atoms with Crippen molar-refractivity contribution in [2.45, 2.75) is 76.7 Å². The van der Waals surface area contributed by atoms with Crippen LogP contribution in [0.1, 0.15) is 112 Å². The molecule has 10 aromatic rings. The Kier molecular flexibility index (Phi) is 38.0. The summed E-state index contributed by atoms with van der Waals surface area (Å²) in [5.41, 5.74) is 2.56. The first kappa shape index (κ1) is 98.0. The molecule has 15 N–H and O–H groups in total. The number of carbonyl (C=O) groups is 5. The molecule has 1 unspecified atom stereocenters.